The van der Waals surface area contributed by atoms with Crippen molar-refractivity contribution in [2.75, 3.05) is 17.7 Å². The molecular formula is C21H19Cl2NO4S. The minimum absolute atomic E-state index is 0.0472. The zero-order valence-electron chi connectivity index (χ0n) is 15.8. The van der Waals surface area contributed by atoms with Gasteiger partial charge in [0.25, 0.3) is 0 Å². The normalized spacial score (nSPS) is 11.3. The standard InChI is InChI=1S/C21H19Cl2NO4S/c1-28-20-9-8-15(14-6-4-3-5-7-14)11-19(20)24(29(2,26)27)13-16-10-17(22)12-18(23)21(16)25/h3-12,25H,13H2,1-2H3. The van der Waals surface area contributed by atoms with Crippen molar-refractivity contribution in [3.8, 4) is 22.6 Å². The van der Waals surface area contributed by atoms with Gasteiger partial charge in [0.15, 0.2) is 0 Å². The first-order valence-electron chi connectivity index (χ1n) is 8.58. The molecule has 0 aliphatic heterocycles. The van der Waals surface area contributed by atoms with Crippen LogP contribution < -0.4 is 9.04 Å². The van der Waals surface area contributed by atoms with Crippen LogP contribution in [-0.4, -0.2) is 26.9 Å². The Balaban J connectivity index is 2.15. The van der Waals surface area contributed by atoms with Crippen molar-refractivity contribution >= 4 is 38.9 Å². The second-order valence-corrected chi connectivity index (χ2v) is 9.17. The predicted molar refractivity (Wildman–Crippen MR) is 118 cm³/mol. The van der Waals surface area contributed by atoms with E-state index in [9.17, 15) is 13.5 Å². The first-order chi connectivity index (χ1) is 13.7. The van der Waals surface area contributed by atoms with Crippen LogP contribution in [0.3, 0.4) is 0 Å². The molecule has 0 saturated carbocycles. The van der Waals surface area contributed by atoms with Crippen LogP contribution in [0.5, 0.6) is 11.5 Å². The van der Waals surface area contributed by atoms with E-state index in [0.717, 1.165) is 21.7 Å². The van der Waals surface area contributed by atoms with Crippen LogP contribution in [0.15, 0.2) is 60.7 Å². The molecule has 152 valence electrons. The number of hydrogen-bond donors (Lipinski definition) is 1. The van der Waals surface area contributed by atoms with Crippen LogP contribution in [0.4, 0.5) is 5.69 Å². The lowest BCUT2D eigenvalue weighted by Crippen LogP contribution is -2.29. The number of sulfonamides is 1. The zero-order valence-corrected chi connectivity index (χ0v) is 18.1. The third kappa shape index (κ3) is 4.78. The van der Waals surface area contributed by atoms with Gasteiger partial charge in [-0.05, 0) is 35.4 Å². The molecule has 0 aliphatic rings. The lowest BCUT2D eigenvalue weighted by molar-refractivity contribution is 0.415. The van der Waals surface area contributed by atoms with Crippen molar-refractivity contribution in [2.24, 2.45) is 0 Å². The third-order valence-electron chi connectivity index (χ3n) is 4.38. The van der Waals surface area contributed by atoms with Gasteiger partial charge in [0.1, 0.15) is 11.5 Å². The van der Waals surface area contributed by atoms with E-state index in [2.05, 4.69) is 0 Å². The lowest BCUT2D eigenvalue weighted by Gasteiger charge is -2.25. The molecule has 0 amide bonds. The number of anilines is 1. The highest BCUT2D eigenvalue weighted by atomic mass is 35.5. The molecule has 0 fully saturated rings. The van der Waals surface area contributed by atoms with E-state index >= 15 is 0 Å². The highest BCUT2D eigenvalue weighted by molar-refractivity contribution is 7.92. The van der Waals surface area contributed by atoms with Gasteiger partial charge in [-0.1, -0.05) is 59.6 Å². The number of aromatic hydroxyl groups is 1. The van der Waals surface area contributed by atoms with Gasteiger partial charge in [-0.25, -0.2) is 8.42 Å². The Labute approximate surface area is 180 Å². The summed E-state index contributed by atoms with van der Waals surface area (Å²) in [7, 11) is -2.27. The van der Waals surface area contributed by atoms with Gasteiger partial charge in [0.05, 0.1) is 30.6 Å². The van der Waals surface area contributed by atoms with Gasteiger partial charge >= 0.3 is 0 Å². The molecule has 8 heteroatoms. The monoisotopic (exact) mass is 451 g/mol. The SMILES string of the molecule is COc1ccc(-c2ccccc2)cc1N(Cc1cc(Cl)cc(Cl)c1O)S(C)(=O)=O. The number of hydrogen-bond acceptors (Lipinski definition) is 4. The van der Waals surface area contributed by atoms with E-state index in [-0.39, 0.29) is 22.9 Å². The van der Waals surface area contributed by atoms with Gasteiger partial charge in [-0.2, -0.15) is 0 Å². The van der Waals surface area contributed by atoms with E-state index in [1.54, 1.807) is 12.1 Å². The molecule has 0 bridgehead atoms. The molecule has 3 rings (SSSR count). The quantitative estimate of drug-likeness (QED) is 0.548. The Morgan fingerprint density at radius 1 is 1.00 bits per heavy atom. The van der Waals surface area contributed by atoms with Crippen LogP contribution in [-0.2, 0) is 16.6 Å². The van der Waals surface area contributed by atoms with Crippen LogP contribution >= 0.6 is 23.2 Å². The van der Waals surface area contributed by atoms with Crippen molar-refractivity contribution in [1.82, 2.24) is 0 Å². The molecule has 0 unspecified atom stereocenters. The maximum absolute atomic E-state index is 12.7. The molecule has 1 N–H and O–H groups in total. The van der Waals surface area contributed by atoms with Crippen molar-refractivity contribution in [2.45, 2.75) is 6.54 Å². The van der Waals surface area contributed by atoms with E-state index in [4.69, 9.17) is 27.9 Å². The van der Waals surface area contributed by atoms with Gasteiger partial charge in [0.2, 0.25) is 10.0 Å². The summed E-state index contributed by atoms with van der Waals surface area (Å²) >= 11 is 12.0. The second kappa shape index (κ2) is 8.53. The number of benzene rings is 3. The number of phenols is 1. The summed E-state index contributed by atoms with van der Waals surface area (Å²) in [4.78, 5) is 0. The van der Waals surface area contributed by atoms with Gasteiger partial charge in [-0.3, -0.25) is 4.31 Å². The molecule has 0 heterocycles. The number of nitrogens with zero attached hydrogens (tertiary/aromatic N) is 1. The maximum Gasteiger partial charge on any atom is 0.232 e. The number of phenolic OH excluding ortho intramolecular Hbond substituents is 1. The summed E-state index contributed by atoms with van der Waals surface area (Å²) < 4.78 is 31.9. The van der Waals surface area contributed by atoms with Crippen molar-refractivity contribution in [3.63, 3.8) is 0 Å². The Bertz CT molecular complexity index is 1130. The number of methoxy groups -OCH3 is 1. The average Bonchev–Trinajstić information content (AvgIpc) is 2.69. The van der Waals surface area contributed by atoms with Gasteiger partial charge < -0.3 is 9.84 Å². The average molecular weight is 452 g/mol. The van der Waals surface area contributed by atoms with Crippen LogP contribution in [0.2, 0.25) is 10.0 Å². The highest BCUT2D eigenvalue weighted by Gasteiger charge is 2.24. The minimum Gasteiger partial charge on any atom is -0.506 e. The van der Waals surface area contributed by atoms with E-state index in [0.29, 0.717) is 16.5 Å². The molecule has 3 aromatic rings. The fourth-order valence-electron chi connectivity index (χ4n) is 2.97. The van der Waals surface area contributed by atoms with Gasteiger partial charge in [0, 0.05) is 10.6 Å². The Kier molecular flexibility index (Phi) is 6.27. The lowest BCUT2D eigenvalue weighted by atomic mass is 10.0. The maximum atomic E-state index is 12.7. The Morgan fingerprint density at radius 2 is 1.69 bits per heavy atom. The molecule has 0 atom stereocenters. The van der Waals surface area contributed by atoms with Crippen molar-refractivity contribution < 1.29 is 18.3 Å². The Hall–Kier alpha value is -2.41. The number of ether oxygens (including phenoxy) is 1. The number of halogens is 2. The zero-order chi connectivity index (χ0) is 21.2. The molecule has 0 spiro atoms. The summed E-state index contributed by atoms with van der Waals surface area (Å²) in [6.07, 6.45) is 1.09. The molecule has 5 nitrogen and oxygen atoms in total. The second-order valence-electron chi connectivity index (χ2n) is 6.42. The summed E-state index contributed by atoms with van der Waals surface area (Å²) in [5.41, 5.74) is 2.37. The van der Waals surface area contributed by atoms with Gasteiger partial charge in [-0.15, -0.1) is 0 Å². The van der Waals surface area contributed by atoms with E-state index < -0.39 is 10.0 Å². The fourth-order valence-corrected chi connectivity index (χ4v) is 4.38. The summed E-state index contributed by atoms with van der Waals surface area (Å²) in [6.45, 7) is -0.167. The van der Waals surface area contributed by atoms with Crippen LogP contribution in [0.1, 0.15) is 5.56 Å². The van der Waals surface area contributed by atoms with Crippen molar-refractivity contribution in [1.29, 1.82) is 0 Å². The third-order valence-corrected chi connectivity index (χ3v) is 6.01. The predicted octanol–water partition coefficient (Wildman–Crippen LogP) is 5.34. The molecular weight excluding hydrogens is 433 g/mol. The first-order valence-corrected chi connectivity index (χ1v) is 11.2. The molecule has 3 aromatic carbocycles. The molecule has 0 radical (unpaired) electrons. The fraction of sp³-hybridized carbons (Fsp3) is 0.143. The molecule has 0 aliphatic carbocycles. The minimum atomic E-state index is -3.73. The topological polar surface area (TPSA) is 66.8 Å². The van der Waals surface area contributed by atoms with Crippen molar-refractivity contribution in [3.05, 3.63) is 76.3 Å². The number of rotatable bonds is 6. The highest BCUT2D eigenvalue weighted by Crippen LogP contribution is 2.38. The summed E-state index contributed by atoms with van der Waals surface area (Å²) in [6, 6.07) is 17.7. The molecule has 0 saturated heterocycles. The van der Waals surface area contributed by atoms with Crippen LogP contribution in [0.25, 0.3) is 11.1 Å². The molecule has 0 aromatic heterocycles. The van der Waals surface area contributed by atoms with Crippen LogP contribution in [0, 0.1) is 0 Å². The Morgan fingerprint density at radius 3 is 2.31 bits per heavy atom. The summed E-state index contributed by atoms with van der Waals surface area (Å²) in [5, 5.41) is 10.6. The molecule has 29 heavy (non-hydrogen) atoms. The van der Waals surface area contributed by atoms with E-state index in [1.807, 2.05) is 36.4 Å². The largest absolute Gasteiger partial charge is 0.506 e. The summed E-state index contributed by atoms with van der Waals surface area (Å²) in [5.74, 6) is 0.158. The first kappa shape index (κ1) is 21.3. The van der Waals surface area contributed by atoms with E-state index in [1.165, 1.54) is 19.2 Å². The smallest absolute Gasteiger partial charge is 0.232 e.